The predicted molar refractivity (Wildman–Crippen MR) is 103 cm³/mol. The Bertz CT molecular complexity index is 455. The van der Waals surface area contributed by atoms with Gasteiger partial charge in [0.25, 0.3) is 0 Å². The van der Waals surface area contributed by atoms with E-state index < -0.39 is 0 Å². The lowest BCUT2D eigenvalue weighted by molar-refractivity contribution is 0.348. The van der Waals surface area contributed by atoms with Crippen molar-refractivity contribution in [3.05, 3.63) is 29.3 Å². The van der Waals surface area contributed by atoms with E-state index in [0.29, 0.717) is 0 Å². The zero-order valence-electron chi connectivity index (χ0n) is 15.7. The van der Waals surface area contributed by atoms with E-state index in [1.165, 1.54) is 88.7 Å². The minimum absolute atomic E-state index is 0.982. The van der Waals surface area contributed by atoms with Crippen LogP contribution in [0, 0.1) is 5.92 Å². The zero-order chi connectivity index (χ0) is 17.0. The van der Waals surface area contributed by atoms with Crippen molar-refractivity contribution in [2.75, 3.05) is 33.3 Å². The lowest BCUT2D eigenvalue weighted by atomic mass is 9.92. The van der Waals surface area contributed by atoms with E-state index in [0.717, 1.165) is 11.7 Å². The molecule has 1 aromatic rings. The van der Waals surface area contributed by atoms with Gasteiger partial charge in [-0.15, -0.1) is 0 Å². The van der Waals surface area contributed by atoms with Crippen molar-refractivity contribution in [3.8, 4) is 5.75 Å². The normalized spacial score (nSPS) is 17.6. The molecule has 1 heterocycles. The summed E-state index contributed by atoms with van der Waals surface area (Å²) < 4.78 is 5.18. The summed E-state index contributed by atoms with van der Waals surface area (Å²) in [6, 6.07) is 6.44. The number of hydrogen-bond acceptors (Lipinski definition) is 3. The minimum Gasteiger partial charge on any atom is -0.497 e. The third-order valence-corrected chi connectivity index (χ3v) is 5.17. The SMILES string of the molecule is CCCNCCC1CCNCC1.COc1ccc2c(c1)CCCC2. The highest BCUT2D eigenvalue weighted by atomic mass is 16.5. The van der Waals surface area contributed by atoms with E-state index in [2.05, 4.69) is 35.8 Å². The van der Waals surface area contributed by atoms with E-state index >= 15 is 0 Å². The number of benzene rings is 1. The Labute approximate surface area is 148 Å². The maximum atomic E-state index is 5.18. The summed E-state index contributed by atoms with van der Waals surface area (Å²) in [5.74, 6) is 1.98. The molecule has 0 aromatic heterocycles. The Hall–Kier alpha value is -1.06. The molecular formula is C21H36N2O. The molecule has 3 rings (SSSR count). The van der Waals surface area contributed by atoms with Gasteiger partial charge < -0.3 is 15.4 Å². The second kappa shape index (κ2) is 11.5. The number of aryl methyl sites for hydroxylation is 2. The third kappa shape index (κ3) is 6.82. The van der Waals surface area contributed by atoms with Gasteiger partial charge in [0.15, 0.2) is 0 Å². The summed E-state index contributed by atoms with van der Waals surface area (Å²) in [4.78, 5) is 0. The Morgan fingerprint density at radius 2 is 1.83 bits per heavy atom. The van der Waals surface area contributed by atoms with Crippen LogP contribution in [0.2, 0.25) is 0 Å². The fourth-order valence-corrected chi connectivity index (χ4v) is 3.62. The molecular weight excluding hydrogens is 296 g/mol. The van der Waals surface area contributed by atoms with Gasteiger partial charge in [-0.2, -0.15) is 0 Å². The third-order valence-electron chi connectivity index (χ3n) is 5.17. The van der Waals surface area contributed by atoms with Crippen LogP contribution in [0.3, 0.4) is 0 Å². The van der Waals surface area contributed by atoms with Gasteiger partial charge in [0, 0.05) is 0 Å². The standard InChI is InChI=1S/C11H14O.C10H22N2/c1-12-11-7-6-9-4-2-3-5-10(9)8-11;1-2-6-11-7-3-10-4-8-12-9-5-10/h6-8H,2-5H2,1H3;10-12H,2-9H2,1H3. The molecule has 1 fully saturated rings. The van der Waals surface area contributed by atoms with Crippen molar-refractivity contribution in [1.29, 1.82) is 0 Å². The van der Waals surface area contributed by atoms with E-state index in [1.54, 1.807) is 7.11 Å². The molecule has 2 N–H and O–H groups in total. The Morgan fingerprint density at radius 1 is 1.08 bits per heavy atom. The van der Waals surface area contributed by atoms with Gasteiger partial charge in [-0.3, -0.25) is 0 Å². The molecule has 1 saturated heterocycles. The molecule has 1 aliphatic heterocycles. The lowest BCUT2D eigenvalue weighted by Crippen LogP contribution is -2.29. The lowest BCUT2D eigenvalue weighted by Gasteiger charge is -2.22. The highest BCUT2D eigenvalue weighted by Crippen LogP contribution is 2.24. The summed E-state index contributed by atoms with van der Waals surface area (Å²) in [5, 5.41) is 6.86. The molecule has 3 heteroatoms. The van der Waals surface area contributed by atoms with Crippen LogP contribution in [-0.4, -0.2) is 33.3 Å². The second-order valence-electron chi connectivity index (χ2n) is 7.07. The molecule has 1 aromatic carbocycles. The number of piperidine rings is 1. The van der Waals surface area contributed by atoms with E-state index in [9.17, 15) is 0 Å². The van der Waals surface area contributed by atoms with E-state index in [1.807, 2.05) is 0 Å². The average Bonchev–Trinajstić information content (AvgIpc) is 2.66. The molecule has 0 atom stereocenters. The van der Waals surface area contributed by atoms with Crippen LogP contribution in [0.5, 0.6) is 5.75 Å². The molecule has 24 heavy (non-hydrogen) atoms. The average molecular weight is 333 g/mol. The minimum atomic E-state index is 0.982. The van der Waals surface area contributed by atoms with Crippen molar-refractivity contribution in [2.24, 2.45) is 5.92 Å². The van der Waals surface area contributed by atoms with Crippen LogP contribution in [0.25, 0.3) is 0 Å². The molecule has 0 unspecified atom stereocenters. The van der Waals surface area contributed by atoms with Crippen molar-refractivity contribution in [3.63, 3.8) is 0 Å². The van der Waals surface area contributed by atoms with Gasteiger partial charge in [-0.05, 0) is 107 Å². The van der Waals surface area contributed by atoms with Gasteiger partial charge in [0.1, 0.15) is 5.75 Å². The number of rotatable bonds is 6. The molecule has 0 saturated carbocycles. The molecule has 0 amide bonds. The van der Waals surface area contributed by atoms with Crippen molar-refractivity contribution < 1.29 is 4.74 Å². The molecule has 136 valence electrons. The number of ether oxygens (including phenoxy) is 1. The predicted octanol–water partition coefficient (Wildman–Crippen LogP) is 3.95. The van der Waals surface area contributed by atoms with Crippen LogP contribution in [0.15, 0.2) is 18.2 Å². The molecule has 3 nitrogen and oxygen atoms in total. The van der Waals surface area contributed by atoms with Crippen LogP contribution >= 0.6 is 0 Å². The summed E-state index contributed by atoms with van der Waals surface area (Å²) in [5.41, 5.74) is 3.00. The molecule has 2 aliphatic rings. The summed E-state index contributed by atoms with van der Waals surface area (Å²) in [7, 11) is 1.73. The molecule has 0 spiro atoms. The summed E-state index contributed by atoms with van der Waals surface area (Å²) in [6.45, 7) is 7.10. The van der Waals surface area contributed by atoms with Gasteiger partial charge in [-0.25, -0.2) is 0 Å². The fraction of sp³-hybridized carbons (Fsp3) is 0.714. The first-order chi connectivity index (χ1) is 11.8. The van der Waals surface area contributed by atoms with E-state index in [4.69, 9.17) is 4.74 Å². The monoisotopic (exact) mass is 332 g/mol. The smallest absolute Gasteiger partial charge is 0.119 e. The second-order valence-corrected chi connectivity index (χ2v) is 7.07. The summed E-state index contributed by atoms with van der Waals surface area (Å²) >= 11 is 0. The van der Waals surface area contributed by atoms with Crippen LogP contribution < -0.4 is 15.4 Å². The molecule has 0 radical (unpaired) electrons. The van der Waals surface area contributed by atoms with Gasteiger partial charge >= 0.3 is 0 Å². The highest BCUT2D eigenvalue weighted by molar-refractivity contribution is 5.36. The Kier molecular flexibility index (Phi) is 9.22. The van der Waals surface area contributed by atoms with E-state index in [-0.39, 0.29) is 0 Å². The highest BCUT2D eigenvalue weighted by Gasteiger charge is 2.11. The maximum Gasteiger partial charge on any atom is 0.119 e. The van der Waals surface area contributed by atoms with Gasteiger partial charge in [0.05, 0.1) is 7.11 Å². The topological polar surface area (TPSA) is 33.3 Å². The summed E-state index contributed by atoms with van der Waals surface area (Å²) in [6.07, 6.45) is 10.6. The molecule has 1 aliphatic carbocycles. The zero-order valence-corrected chi connectivity index (χ0v) is 15.7. The fourth-order valence-electron chi connectivity index (χ4n) is 3.62. The van der Waals surface area contributed by atoms with Crippen molar-refractivity contribution in [1.82, 2.24) is 10.6 Å². The number of nitrogens with one attached hydrogen (secondary N) is 2. The number of methoxy groups -OCH3 is 1. The number of fused-ring (bicyclic) bond motifs is 1. The first kappa shape index (κ1) is 19.3. The van der Waals surface area contributed by atoms with Crippen molar-refractivity contribution >= 4 is 0 Å². The van der Waals surface area contributed by atoms with Crippen LogP contribution in [-0.2, 0) is 12.8 Å². The van der Waals surface area contributed by atoms with Crippen LogP contribution in [0.4, 0.5) is 0 Å². The Morgan fingerprint density at radius 3 is 2.54 bits per heavy atom. The largest absolute Gasteiger partial charge is 0.497 e. The van der Waals surface area contributed by atoms with Crippen LogP contribution in [0.1, 0.15) is 56.6 Å². The molecule has 0 bridgehead atoms. The van der Waals surface area contributed by atoms with Gasteiger partial charge in [-0.1, -0.05) is 13.0 Å². The first-order valence-electron chi connectivity index (χ1n) is 9.90. The van der Waals surface area contributed by atoms with Crippen molar-refractivity contribution in [2.45, 2.75) is 58.3 Å². The maximum absolute atomic E-state index is 5.18. The Balaban J connectivity index is 0.000000174. The van der Waals surface area contributed by atoms with Gasteiger partial charge in [0.2, 0.25) is 0 Å². The quantitative estimate of drug-likeness (QED) is 0.774. The number of hydrogen-bond donors (Lipinski definition) is 2. The first-order valence-corrected chi connectivity index (χ1v) is 9.90.